The molecule has 2 rings (SSSR count). The molecule has 2 aromatic carbocycles. The topological polar surface area (TPSA) is 93.7 Å². The first-order chi connectivity index (χ1) is 13.7. The van der Waals surface area contributed by atoms with Gasteiger partial charge in [-0.15, -0.1) is 0 Å². The number of rotatable bonds is 9. The normalized spacial score (nSPS) is 11.4. The molecule has 7 nitrogen and oxygen atoms in total. The third kappa shape index (κ3) is 5.95. The molecule has 0 saturated heterocycles. The van der Waals surface area contributed by atoms with E-state index in [9.17, 15) is 13.2 Å². The first kappa shape index (κ1) is 22.7. The molecular formula is C21H28N2O5S. The smallest absolute Gasteiger partial charge is 0.255 e. The molecule has 2 N–H and O–H groups in total. The number of hydrogen-bond donors (Lipinski definition) is 2. The van der Waals surface area contributed by atoms with Gasteiger partial charge < -0.3 is 14.8 Å². The van der Waals surface area contributed by atoms with E-state index < -0.39 is 10.0 Å². The number of anilines is 1. The summed E-state index contributed by atoms with van der Waals surface area (Å²) in [6, 6.07) is 9.66. The van der Waals surface area contributed by atoms with Gasteiger partial charge in [0.25, 0.3) is 5.91 Å². The molecule has 0 bridgehead atoms. The lowest BCUT2D eigenvalue weighted by molar-refractivity contribution is 0.102. The molecule has 158 valence electrons. The van der Waals surface area contributed by atoms with E-state index in [2.05, 4.69) is 23.9 Å². The number of nitrogens with one attached hydrogen (secondary N) is 2. The molecule has 0 aliphatic heterocycles. The van der Waals surface area contributed by atoms with Crippen LogP contribution in [-0.2, 0) is 10.0 Å². The fraction of sp³-hybridized carbons (Fsp3) is 0.381. The number of amides is 1. The summed E-state index contributed by atoms with van der Waals surface area (Å²) in [5, 5.41) is 2.72. The number of benzene rings is 2. The zero-order chi connectivity index (χ0) is 21.6. The van der Waals surface area contributed by atoms with Crippen LogP contribution in [0.2, 0.25) is 0 Å². The summed E-state index contributed by atoms with van der Waals surface area (Å²) < 4.78 is 37.6. The maximum absolute atomic E-state index is 12.6. The minimum atomic E-state index is -3.62. The van der Waals surface area contributed by atoms with Crippen LogP contribution in [0, 0.1) is 12.8 Å². The van der Waals surface area contributed by atoms with E-state index in [1.807, 2.05) is 0 Å². The summed E-state index contributed by atoms with van der Waals surface area (Å²) in [6.45, 7) is 6.49. The van der Waals surface area contributed by atoms with Gasteiger partial charge in [-0.05, 0) is 62.2 Å². The summed E-state index contributed by atoms with van der Waals surface area (Å²) in [7, 11) is -0.762. The lowest BCUT2D eigenvalue weighted by Gasteiger charge is -2.14. The van der Waals surface area contributed by atoms with Crippen molar-refractivity contribution in [1.29, 1.82) is 0 Å². The summed E-state index contributed by atoms with van der Waals surface area (Å²) in [5.74, 6) is 1.18. The molecule has 0 atom stereocenters. The van der Waals surface area contributed by atoms with Crippen molar-refractivity contribution < 1.29 is 22.7 Å². The second kappa shape index (κ2) is 9.76. The van der Waals surface area contributed by atoms with Crippen LogP contribution < -0.4 is 19.5 Å². The fourth-order valence-corrected chi connectivity index (χ4v) is 3.61. The monoisotopic (exact) mass is 420 g/mol. The highest BCUT2D eigenvalue weighted by Gasteiger charge is 2.17. The van der Waals surface area contributed by atoms with Crippen molar-refractivity contribution in [2.24, 2.45) is 5.92 Å². The van der Waals surface area contributed by atoms with Crippen molar-refractivity contribution >= 4 is 21.6 Å². The van der Waals surface area contributed by atoms with E-state index >= 15 is 0 Å². The van der Waals surface area contributed by atoms with Gasteiger partial charge in [-0.25, -0.2) is 13.1 Å². The van der Waals surface area contributed by atoms with Gasteiger partial charge in [0.1, 0.15) is 0 Å². The van der Waals surface area contributed by atoms with Crippen LogP contribution in [0.4, 0.5) is 5.69 Å². The van der Waals surface area contributed by atoms with E-state index in [4.69, 9.17) is 9.47 Å². The van der Waals surface area contributed by atoms with Crippen molar-refractivity contribution in [3.05, 3.63) is 47.5 Å². The SMILES string of the molecule is CNS(=O)(=O)c1cc(NC(=O)c2ccc(OCCC(C)C)c(OC)c2)ccc1C. The lowest BCUT2D eigenvalue weighted by Crippen LogP contribution is -2.20. The summed E-state index contributed by atoms with van der Waals surface area (Å²) >= 11 is 0. The van der Waals surface area contributed by atoms with E-state index in [1.54, 1.807) is 37.3 Å². The van der Waals surface area contributed by atoms with E-state index in [1.165, 1.54) is 20.2 Å². The Balaban J connectivity index is 2.20. The molecule has 0 aromatic heterocycles. The largest absolute Gasteiger partial charge is 0.493 e. The number of hydrogen-bond acceptors (Lipinski definition) is 5. The fourth-order valence-electron chi connectivity index (χ4n) is 2.61. The second-order valence-corrected chi connectivity index (χ2v) is 8.89. The molecule has 0 fully saturated rings. The van der Waals surface area contributed by atoms with Crippen molar-refractivity contribution in [3.8, 4) is 11.5 Å². The standard InChI is InChI=1S/C21H28N2O5S/c1-14(2)10-11-28-18-9-7-16(12-19(18)27-5)21(24)23-17-8-6-15(3)20(13-17)29(25,26)22-4/h6-9,12-14,22H,10-11H2,1-5H3,(H,23,24). The maximum Gasteiger partial charge on any atom is 0.255 e. The van der Waals surface area contributed by atoms with Crippen LogP contribution in [0.1, 0.15) is 36.2 Å². The molecule has 0 spiro atoms. The molecule has 0 unspecified atom stereocenters. The molecular weight excluding hydrogens is 392 g/mol. The Kier molecular flexibility index (Phi) is 7.64. The maximum atomic E-state index is 12.6. The Morgan fingerprint density at radius 1 is 1.10 bits per heavy atom. The van der Waals surface area contributed by atoms with Gasteiger partial charge in [0.05, 0.1) is 18.6 Å². The molecule has 1 amide bonds. The Hall–Kier alpha value is -2.58. The number of methoxy groups -OCH3 is 1. The number of carbonyl (C=O) groups excluding carboxylic acids is 1. The van der Waals surface area contributed by atoms with Crippen molar-refractivity contribution in [1.82, 2.24) is 4.72 Å². The van der Waals surface area contributed by atoms with Gasteiger partial charge in [0.15, 0.2) is 11.5 Å². The van der Waals surface area contributed by atoms with Crippen molar-refractivity contribution in [2.45, 2.75) is 32.1 Å². The third-order valence-electron chi connectivity index (χ3n) is 4.38. The van der Waals surface area contributed by atoms with Gasteiger partial charge in [-0.2, -0.15) is 0 Å². The van der Waals surface area contributed by atoms with Crippen molar-refractivity contribution in [2.75, 3.05) is 26.1 Å². The van der Waals surface area contributed by atoms with E-state index in [0.717, 1.165) is 6.42 Å². The Morgan fingerprint density at radius 3 is 2.45 bits per heavy atom. The highest BCUT2D eigenvalue weighted by molar-refractivity contribution is 7.89. The molecule has 0 aliphatic rings. The summed E-state index contributed by atoms with van der Waals surface area (Å²) in [4.78, 5) is 12.8. The van der Waals surface area contributed by atoms with Gasteiger partial charge in [-0.1, -0.05) is 19.9 Å². The molecule has 29 heavy (non-hydrogen) atoms. The van der Waals surface area contributed by atoms with Crippen LogP contribution >= 0.6 is 0 Å². The number of sulfonamides is 1. The number of ether oxygens (including phenoxy) is 2. The minimum absolute atomic E-state index is 0.115. The molecule has 0 radical (unpaired) electrons. The first-order valence-corrected chi connectivity index (χ1v) is 10.8. The van der Waals surface area contributed by atoms with Crippen LogP contribution in [0.15, 0.2) is 41.3 Å². The predicted octanol–water partition coefficient (Wildman–Crippen LogP) is 3.59. The molecule has 8 heteroatoms. The molecule has 0 heterocycles. The van der Waals surface area contributed by atoms with Gasteiger partial charge in [0, 0.05) is 11.3 Å². The molecule has 2 aromatic rings. The Morgan fingerprint density at radius 2 is 1.83 bits per heavy atom. The molecule has 0 saturated carbocycles. The number of carbonyl (C=O) groups is 1. The summed E-state index contributed by atoms with van der Waals surface area (Å²) in [6.07, 6.45) is 0.913. The minimum Gasteiger partial charge on any atom is -0.493 e. The van der Waals surface area contributed by atoms with Gasteiger partial charge in [-0.3, -0.25) is 4.79 Å². The third-order valence-corrected chi connectivity index (χ3v) is 5.94. The summed E-state index contributed by atoms with van der Waals surface area (Å²) in [5.41, 5.74) is 1.34. The zero-order valence-corrected chi connectivity index (χ0v) is 18.2. The first-order valence-electron chi connectivity index (χ1n) is 9.34. The highest BCUT2D eigenvalue weighted by Crippen LogP contribution is 2.29. The second-order valence-electron chi connectivity index (χ2n) is 7.04. The highest BCUT2D eigenvalue weighted by atomic mass is 32.2. The number of aryl methyl sites for hydroxylation is 1. The average Bonchev–Trinajstić information content (AvgIpc) is 2.69. The zero-order valence-electron chi connectivity index (χ0n) is 17.4. The lowest BCUT2D eigenvalue weighted by atomic mass is 10.1. The van der Waals surface area contributed by atoms with Crippen LogP contribution in [-0.4, -0.2) is 35.1 Å². The molecule has 0 aliphatic carbocycles. The Bertz CT molecular complexity index is 971. The quantitative estimate of drug-likeness (QED) is 0.647. The Labute approximate surface area is 172 Å². The van der Waals surface area contributed by atoms with Crippen LogP contribution in [0.3, 0.4) is 0 Å². The predicted molar refractivity (Wildman–Crippen MR) is 113 cm³/mol. The van der Waals surface area contributed by atoms with Gasteiger partial charge >= 0.3 is 0 Å². The van der Waals surface area contributed by atoms with E-state index in [-0.39, 0.29) is 10.8 Å². The van der Waals surface area contributed by atoms with Gasteiger partial charge in [0.2, 0.25) is 10.0 Å². The van der Waals surface area contributed by atoms with E-state index in [0.29, 0.717) is 40.8 Å². The van der Waals surface area contributed by atoms with Crippen molar-refractivity contribution in [3.63, 3.8) is 0 Å². The van der Waals surface area contributed by atoms with Crippen LogP contribution in [0.5, 0.6) is 11.5 Å². The van der Waals surface area contributed by atoms with Crippen LogP contribution in [0.25, 0.3) is 0 Å². The average molecular weight is 421 g/mol.